The molecule has 4 aromatic rings. The maximum atomic E-state index is 14.1. The van der Waals surface area contributed by atoms with E-state index >= 15 is 0 Å². The van der Waals surface area contributed by atoms with Crippen LogP contribution in [0.5, 0.6) is 11.5 Å². The second-order valence-electron chi connectivity index (χ2n) is 10.7. The van der Waals surface area contributed by atoms with E-state index < -0.39 is 11.9 Å². The molecule has 0 radical (unpaired) electrons. The van der Waals surface area contributed by atoms with Crippen LogP contribution in [-0.2, 0) is 27.2 Å². The molecule has 9 nitrogen and oxygen atoms in total. The first-order chi connectivity index (χ1) is 20.4. The Morgan fingerprint density at radius 1 is 0.929 bits per heavy atom. The van der Waals surface area contributed by atoms with Crippen molar-refractivity contribution in [2.75, 3.05) is 24.5 Å². The number of esters is 2. The number of piperidine rings is 1. The van der Waals surface area contributed by atoms with Crippen LogP contribution in [0, 0.1) is 5.82 Å². The number of nitrogens with zero attached hydrogens (tertiary/aromatic N) is 3. The lowest BCUT2D eigenvalue weighted by Gasteiger charge is -2.33. The molecule has 42 heavy (non-hydrogen) atoms. The van der Waals surface area contributed by atoms with Gasteiger partial charge in [0.05, 0.1) is 23.6 Å². The largest absolute Gasteiger partial charge is 0.419 e. The number of amides is 1. The molecule has 1 saturated heterocycles. The van der Waals surface area contributed by atoms with Crippen molar-refractivity contribution in [2.24, 2.45) is 0 Å². The summed E-state index contributed by atoms with van der Waals surface area (Å²) in [5.41, 5.74) is 4.23. The Balaban J connectivity index is 1.16. The van der Waals surface area contributed by atoms with Crippen molar-refractivity contribution in [1.82, 2.24) is 10.1 Å². The van der Waals surface area contributed by atoms with E-state index in [0.29, 0.717) is 42.8 Å². The summed E-state index contributed by atoms with van der Waals surface area (Å²) < 4.78 is 30.0. The number of carbonyl (C=O) groups is 3. The van der Waals surface area contributed by atoms with Gasteiger partial charge in [0.1, 0.15) is 5.82 Å². The Labute approximate surface area is 240 Å². The van der Waals surface area contributed by atoms with Crippen molar-refractivity contribution in [1.29, 1.82) is 0 Å². The van der Waals surface area contributed by atoms with Gasteiger partial charge < -0.3 is 14.0 Å². The lowest BCUT2D eigenvalue weighted by Crippen LogP contribution is -2.42. The van der Waals surface area contributed by atoms with Crippen molar-refractivity contribution in [2.45, 2.75) is 31.6 Å². The number of para-hydroxylation sites is 1. The molecule has 0 unspecified atom stereocenters. The second kappa shape index (κ2) is 10.5. The molecule has 3 aliphatic rings. The quantitative estimate of drug-likeness (QED) is 0.252. The van der Waals surface area contributed by atoms with Gasteiger partial charge in [0.15, 0.2) is 17.1 Å². The van der Waals surface area contributed by atoms with Crippen molar-refractivity contribution in [3.05, 3.63) is 89.4 Å². The highest BCUT2D eigenvalue weighted by atomic mass is 19.1. The molecule has 0 saturated carbocycles. The van der Waals surface area contributed by atoms with Crippen LogP contribution in [0.1, 0.15) is 35.6 Å². The van der Waals surface area contributed by atoms with Crippen LogP contribution >= 0.6 is 0 Å². The molecule has 4 heterocycles. The van der Waals surface area contributed by atoms with E-state index in [1.54, 1.807) is 23.1 Å². The number of carbonyl (C=O) groups excluding carboxylic acids is 3. The van der Waals surface area contributed by atoms with Crippen LogP contribution in [0.4, 0.5) is 15.8 Å². The SMILES string of the molecule is O=C1/C=C/C(=O)Oc2c(ccc3c2CCc2ccccc2N3C(=O)CN2CCC(c3noc4cc(F)ccc34)CC2)O1. The number of ether oxygens (including phenoxy) is 2. The Kier molecular flexibility index (Phi) is 6.54. The molecule has 0 atom stereocenters. The Morgan fingerprint density at radius 2 is 1.71 bits per heavy atom. The Morgan fingerprint density at radius 3 is 2.55 bits per heavy atom. The average Bonchev–Trinajstić information content (AvgIpc) is 3.31. The molecule has 0 aliphatic carbocycles. The molecule has 0 spiro atoms. The van der Waals surface area contributed by atoms with Crippen LogP contribution in [-0.4, -0.2) is 47.5 Å². The van der Waals surface area contributed by atoms with E-state index in [1.165, 1.54) is 12.1 Å². The predicted molar refractivity (Wildman–Crippen MR) is 150 cm³/mol. The zero-order valence-electron chi connectivity index (χ0n) is 22.5. The van der Waals surface area contributed by atoms with Crippen molar-refractivity contribution < 1.29 is 32.8 Å². The van der Waals surface area contributed by atoms with Gasteiger partial charge in [0.2, 0.25) is 5.91 Å². The molecule has 1 fully saturated rings. The summed E-state index contributed by atoms with van der Waals surface area (Å²) in [6.07, 6.45) is 4.70. The van der Waals surface area contributed by atoms with E-state index in [2.05, 4.69) is 10.1 Å². The van der Waals surface area contributed by atoms with E-state index in [4.69, 9.17) is 14.0 Å². The molecular formula is C32H26FN3O6. The number of rotatable bonds is 3. The van der Waals surface area contributed by atoms with Crippen molar-refractivity contribution in [3.8, 4) is 11.5 Å². The summed E-state index contributed by atoms with van der Waals surface area (Å²) in [7, 11) is 0. The number of hydrogen-bond acceptors (Lipinski definition) is 8. The highest BCUT2D eigenvalue weighted by Crippen LogP contribution is 2.45. The minimum absolute atomic E-state index is 0.125. The van der Waals surface area contributed by atoms with Crippen LogP contribution in [0.15, 0.2) is 71.3 Å². The Hall–Kier alpha value is -4.83. The summed E-state index contributed by atoms with van der Waals surface area (Å²) in [6, 6.07) is 15.5. The third-order valence-corrected chi connectivity index (χ3v) is 8.13. The maximum Gasteiger partial charge on any atom is 0.336 e. The van der Waals surface area contributed by atoms with Gasteiger partial charge in [-0.1, -0.05) is 23.4 Å². The molecule has 1 amide bonds. The lowest BCUT2D eigenvalue weighted by molar-refractivity contribution is -0.133. The number of fused-ring (bicyclic) bond motifs is 5. The third-order valence-electron chi connectivity index (χ3n) is 8.13. The zero-order chi connectivity index (χ0) is 28.8. The average molecular weight is 568 g/mol. The molecule has 3 aromatic carbocycles. The number of anilines is 2. The normalized spacial score (nSPS) is 18.2. The first-order valence-corrected chi connectivity index (χ1v) is 13.9. The summed E-state index contributed by atoms with van der Waals surface area (Å²) in [5.74, 6) is -1.41. The summed E-state index contributed by atoms with van der Waals surface area (Å²) in [5, 5.41) is 5.05. The smallest absolute Gasteiger partial charge is 0.336 e. The van der Waals surface area contributed by atoms with E-state index in [0.717, 1.165) is 47.3 Å². The topological polar surface area (TPSA) is 102 Å². The first kappa shape index (κ1) is 26.1. The fourth-order valence-electron chi connectivity index (χ4n) is 6.10. The van der Waals surface area contributed by atoms with Crippen LogP contribution in [0.25, 0.3) is 11.0 Å². The number of hydrogen-bond donors (Lipinski definition) is 0. The fraction of sp³-hybridized carbons (Fsp3) is 0.250. The summed E-state index contributed by atoms with van der Waals surface area (Å²) in [4.78, 5) is 42.4. The van der Waals surface area contributed by atoms with Crippen LogP contribution in [0.3, 0.4) is 0 Å². The highest BCUT2D eigenvalue weighted by Gasteiger charge is 2.33. The standard InChI is InChI=1S/C32H26FN3O6/c33-21-6-8-23-27(17-21)42-34-31(23)20-13-15-35(16-14-20)18-28(37)36-24-4-2-1-3-19(24)5-7-22-25(36)9-10-26-32(22)41-30(39)12-11-29(38)40-26/h1-4,6,8-12,17,20H,5,7,13-16,18H2/b12-11+. The lowest BCUT2D eigenvalue weighted by atomic mass is 9.91. The minimum atomic E-state index is -0.686. The van der Waals surface area contributed by atoms with Gasteiger partial charge in [-0.3, -0.25) is 14.6 Å². The van der Waals surface area contributed by atoms with E-state index in [-0.39, 0.29) is 35.7 Å². The summed E-state index contributed by atoms with van der Waals surface area (Å²) in [6.45, 7) is 1.54. The minimum Gasteiger partial charge on any atom is -0.419 e. The zero-order valence-corrected chi connectivity index (χ0v) is 22.5. The first-order valence-electron chi connectivity index (χ1n) is 13.9. The Bertz CT molecular complexity index is 1770. The molecule has 1 aromatic heterocycles. The number of likely N-dealkylation sites (tertiary alicyclic amines) is 1. The van der Waals surface area contributed by atoms with Gasteiger partial charge in [0, 0.05) is 35.1 Å². The molecule has 0 bridgehead atoms. The van der Waals surface area contributed by atoms with Crippen LogP contribution < -0.4 is 14.4 Å². The molecule has 10 heteroatoms. The van der Waals surface area contributed by atoms with Gasteiger partial charge >= 0.3 is 11.9 Å². The summed E-state index contributed by atoms with van der Waals surface area (Å²) >= 11 is 0. The van der Waals surface area contributed by atoms with Gasteiger partial charge in [0.25, 0.3) is 0 Å². The van der Waals surface area contributed by atoms with Gasteiger partial charge in [-0.15, -0.1) is 0 Å². The van der Waals surface area contributed by atoms with Crippen LogP contribution in [0.2, 0.25) is 0 Å². The second-order valence-corrected chi connectivity index (χ2v) is 10.7. The monoisotopic (exact) mass is 567 g/mol. The van der Waals surface area contributed by atoms with Gasteiger partial charge in [-0.05, 0) is 74.7 Å². The van der Waals surface area contributed by atoms with Gasteiger partial charge in [-0.25, -0.2) is 14.0 Å². The number of aryl methyl sites for hydroxylation is 1. The van der Waals surface area contributed by atoms with E-state index in [1.807, 2.05) is 24.3 Å². The molecule has 212 valence electrons. The molecule has 7 rings (SSSR count). The number of aromatic nitrogens is 1. The molecule has 0 N–H and O–H groups in total. The number of halogens is 1. The molecular weight excluding hydrogens is 541 g/mol. The maximum absolute atomic E-state index is 14.1. The predicted octanol–water partition coefficient (Wildman–Crippen LogP) is 4.99. The highest BCUT2D eigenvalue weighted by molar-refractivity contribution is 6.04. The third kappa shape index (κ3) is 4.73. The van der Waals surface area contributed by atoms with Crippen molar-refractivity contribution >= 4 is 40.2 Å². The van der Waals surface area contributed by atoms with E-state index in [9.17, 15) is 18.8 Å². The van der Waals surface area contributed by atoms with Gasteiger partial charge in [-0.2, -0.15) is 0 Å². The fourth-order valence-corrected chi connectivity index (χ4v) is 6.10. The molecule has 3 aliphatic heterocycles. The number of benzene rings is 3. The van der Waals surface area contributed by atoms with Crippen molar-refractivity contribution in [3.63, 3.8) is 0 Å².